The van der Waals surface area contributed by atoms with Crippen molar-refractivity contribution in [3.63, 3.8) is 0 Å². The van der Waals surface area contributed by atoms with E-state index in [0.717, 1.165) is 47.3 Å². The number of H-pyrrole nitrogens is 2. The highest BCUT2D eigenvalue weighted by Crippen LogP contribution is 2.29. The van der Waals surface area contributed by atoms with Gasteiger partial charge in [0.05, 0.1) is 11.1 Å². The Balaban J connectivity index is 2.06. The number of hydrogen-bond donors (Lipinski definition) is 2. The van der Waals surface area contributed by atoms with E-state index in [0.29, 0.717) is 0 Å². The number of hydrogen-bond acceptors (Lipinski definition) is 1. The molecule has 24 heavy (non-hydrogen) atoms. The lowest BCUT2D eigenvalue weighted by atomic mass is 9.89. The van der Waals surface area contributed by atoms with Crippen molar-refractivity contribution in [1.82, 2.24) is 9.97 Å². The van der Waals surface area contributed by atoms with Gasteiger partial charge in [-0.3, -0.25) is 0 Å². The molecule has 0 aliphatic heterocycles. The maximum Gasteiger partial charge on any atom is 0.355 e. The molecule has 1 aromatic carbocycles. The Kier molecular flexibility index (Phi) is 2.74. The van der Waals surface area contributed by atoms with E-state index in [2.05, 4.69) is 37.1 Å². The van der Waals surface area contributed by atoms with Crippen molar-refractivity contribution in [3.05, 3.63) is 59.7 Å². The molecule has 5 rings (SSSR count). The standard InChI is InChI=1S/C19H15N5/c20-11-15-13-5-1-2-6-14(13)19(23-10-9-21-12-23)24-17-8-4-3-7-16(17)22-18(15)24/h3-4,7-10,12H,1-2,5-6H2/p+2. The molecular weight excluding hydrogens is 298 g/mol. The van der Waals surface area contributed by atoms with Gasteiger partial charge in [-0.1, -0.05) is 12.1 Å². The molecule has 0 saturated heterocycles. The van der Waals surface area contributed by atoms with Crippen molar-refractivity contribution in [1.29, 1.82) is 5.26 Å². The van der Waals surface area contributed by atoms with Crippen molar-refractivity contribution < 1.29 is 8.97 Å². The van der Waals surface area contributed by atoms with E-state index in [-0.39, 0.29) is 0 Å². The summed E-state index contributed by atoms with van der Waals surface area (Å²) in [6.07, 6.45) is 10.2. The number of imidazole rings is 2. The number of aromatic amines is 2. The van der Waals surface area contributed by atoms with Crippen molar-refractivity contribution in [2.75, 3.05) is 0 Å². The fraction of sp³-hybridized carbons (Fsp3) is 0.211. The first-order chi connectivity index (χ1) is 11.9. The average molecular weight is 315 g/mol. The third kappa shape index (κ3) is 1.68. The molecule has 2 N–H and O–H groups in total. The highest BCUT2D eigenvalue weighted by molar-refractivity contribution is 5.77. The summed E-state index contributed by atoms with van der Waals surface area (Å²) in [6.45, 7) is 0. The predicted octanol–water partition coefficient (Wildman–Crippen LogP) is 2.26. The van der Waals surface area contributed by atoms with Crippen LogP contribution in [-0.2, 0) is 12.8 Å². The third-order valence-electron chi connectivity index (χ3n) is 5.01. The Morgan fingerprint density at radius 1 is 1.08 bits per heavy atom. The first-order valence-electron chi connectivity index (χ1n) is 8.33. The Morgan fingerprint density at radius 2 is 1.92 bits per heavy atom. The van der Waals surface area contributed by atoms with Gasteiger partial charge in [0.15, 0.2) is 17.9 Å². The van der Waals surface area contributed by atoms with Crippen molar-refractivity contribution in [2.45, 2.75) is 25.7 Å². The number of nitriles is 1. The molecule has 0 saturated carbocycles. The van der Waals surface area contributed by atoms with E-state index in [1.54, 1.807) is 0 Å². The average Bonchev–Trinajstić information content (AvgIpc) is 3.27. The molecule has 5 nitrogen and oxygen atoms in total. The number of pyridine rings is 1. The van der Waals surface area contributed by atoms with Gasteiger partial charge in [-0.05, 0) is 43.4 Å². The minimum atomic E-state index is 0.792. The summed E-state index contributed by atoms with van der Waals surface area (Å²) < 4.78 is 4.32. The monoisotopic (exact) mass is 315 g/mol. The summed E-state index contributed by atoms with van der Waals surface area (Å²) in [5.41, 5.74) is 6.34. The molecule has 3 heterocycles. The zero-order valence-corrected chi connectivity index (χ0v) is 13.2. The van der Waals surface area contributed by atoms with Gasteiger partial charge in [0.1, 0.15) is 11.6 Å². The largest absolute Gasteiger partial charge is 0.355 e. The number of rotatable bonds is 1. The second-order valence-corrected chi connectivity index (χ2v) is 6.32. The lowest BCUT2D eigenvalue weighted by molar-refractivity contribution is -0.698. The minimum Gasteiger partial charge on any atom is -0.310 e. The topological polar surface area (TPSA) is 63.3 Å². The fourth-order valence-electron chi connectivity index (χ4n) is 3.99. The third-order valence-corrected chi connectivity index (χ3v) is 5.01. The van der Waals surface area contributed by atoms with E-state index in [4.69, 9.17) is 0 Å². The maximum absolute atomic E-state index is 9.84. The lowest BCUT2D eigenvalue weighted by Crippen LogP contribution is -2.44. The van der Waals surface area contributed by atoms with Crippen LogP contribution >= 0.6 is 0 Å². The molecule has 1 aliphatic carbocycles. The van der Waals surface area contributed by atoms with Crippen LogP contribution in [0.3, 0.4) is 0 Å². The van der Waals surface area contributed by atoms with Crippen LogP contribution in [0.15, 0.2) is 43.0 Å². The Hall–Kier alpha value is -3.13. The number of nitrogens with zero attached hydrogens (tertiary/aromatic N) is 3. The van der Waals surface area contributed by atoms with Crippen LogP contribution in [0.5, 0.6) is 0 Å². The highest BCUT2D eigenvalue weighted by Gasteiger charge is 2.32. The van der Waals surface area contributed by atoms with Gasteiger partial charge < -0.3 is 4.98 Å². The molecule has 1 aliphatic rings. The SMILES string of the molecule is N#Cc1c2c(c(-[n+]3cc[nH]c3)[n+]3c1[nH]c1ccccc13)CCCC2. The zero-order chi connectivity index (χ0) is 16.1. The minimum absolute atomic E-state index is 0.792. The van der Waals surface area contributed by atoms with Crippen molar-refractivity contribution in [3.8, 4) is 11.9 Å². The summed E-state index contributed by atoms with van der Waals surface area (Å²) in [7, 11) is 0. The molecule has 3 aromatic heterocycles. The molecule has 0 unspecified atom stereocenters. The maximum atomic E-state index is 9.84. The molecule has 0 amide bonds. The molecule has 116 valence electrons. The Morgan fingerprint density at radius 3 is 2.71 bits per heavy atom. The second kappa shape index (κ2) is 4.93. The highest BCUT2D eigenvalue weighted by atomic mass is 15.2. The normalized spacial score (nSPS) is 14.0. The predicted molar refractivity (Wildman–Crippen MR) is 88.7 cm³/mol. The molecule has 0 fully saturated rings. The van der Waals surface area contributed by atoms with Gasteiger partial charge in [0.25, 0.3) is 5.65 Å². The van der Waals surface area contributed by atoms with Crippen LogP contribution in [0, 0.1) is 11.3 Å². The van der Waals surface area contributed by atoms with Crippen LogP contribution in [0.1, 0.15) is 29.5 Å². The summed E-state index contributed by atoms with van der Waals surface area (Å²) >= 11 is 0. The molecular formula is C19H17N5+2. The molecule has 0 radical (unpaired) electrons. The Bertz CT molecular complexity index is 1110. The van der Waals surface area contributed by atoms with Crippen LogP contribution in [0.4, 0.5) is 0 Å². The molecule has 0 atom stereocenters. The van der Waals surface area contributed by atoms with Gasteiger partial charge in [-0.15, -0.1) is 8.97 Å². The summed E-state index contributed by atoms with van der Waals surface area (Å²) in [6, 6.07) is 10.7. The summed E-state index contributed by atoms with van der Waals surface area (Å²) in [5.74, 6) is 1.14. The molecule has 0 spiro atoms. The number of para-hydroxylation sites is 2. The number of nitrogens with one attached hydrogen (secondary N) is 2. The van der Waals surface area contributed by atoms with Crippen LogP contribution in [-0.4, -0.2) is 9.97 Å². The van der Waals surface area contributed by atoms with Crippen molar-refractivity contribution in [2.24, 2.45) is 0 Å². The van der Waals surface area contributed by atoms with Gasteiger partial charge in [-0.2, -0.15) is 5.26 Å². The van der Waals surface area contributed by atoms with Crippen LogP contribution in [0.2, 0.25) is 0 Å². The lowest BCUT2D eigenvalue weighted by Gasteiger charge is -2.16. The quantitative estimate of drug-likeness (QED) is 0.520. The van der Waals surface area contributed by atoms with E-state index in [1.165, 1.54) is 17.5 Å². The first-order valence-corrected chi connectivity index (χ1v) is 8.33. The molecule has 5 heteroatoms. The smallest absolute Gasteiger partial charge is 0.310 e. The fourth-order valence-corrected chi connectivity index (χ4v) is 3.99. The van der Waals surface area contributed by atoms with Gasteiger partial charge in [0.2, 0.25) is 0 Å². The second-order valence-electron chi connectivity index (χ2n) is 6.32. The van der Waals surface area contributed by atoms with Crippen LogP contribution in [0.25, 0.3) is 22.5 Å². The number of fused-ring (bicyclic) bond motifs is 4. The van der Waals surface area contributed by atoms with Gasteiger partial charge in [0, 0.05) is 0 Å². The van der Waals surface area contributed by atoms with Crippen LogP contribution < -0.4 is 8.97 Å². The summed E-state index contributed by atoms with van der Waals surface area (Å²) in [4.78, 5) is 6.61. The number of aromatic nitrogens is 4. The zero-order valence-electron chi connectivity index (χ0n) is 13.2. The van der Waals surface area contributed by atoms with Crippen molar-refractivity contribution >= 4 is 16.7 Å². The van der Waals surface area contributed by atoms with E-state index >= 15 is 0 Å². The first kappa shape index (κ1) is 13.3. The van der Waals surface area contributed by atoms with E-state index in [1.807, 2.05) is 30.9 Å². The van der Waals surface area contributed by atoms with E-state index in [9.17, 15) is 5.26 Å². The molecule has 4 aromatic rings. The van der Waals surface area contributed by atoms with Gasteiger partial charge >= 0.3 is 12.1 Å². The number of benzene rings is 1. The molecule has 0 bridgehead atoms. The Labute approximate surface area is 138 Å². The summed E-state index contributed by atoms with van der Waals surface area (Å²) in [5, 5.41) is 9.84. The van der Waals surface area contributed by atoms with E-state index < -0.39 is 0 Å². The van der Waals surface area contributed by atoms with Gasteiger partial charge in [-0.25, -0.2) is 4.98 Å².